The topological polar surface area (TPSA) is 67.1 Å². The molecule has 0 radical (unpaired) electrons. The lowest BCUT2D eigenvalue weighted by Gasteiger charge is -2.07. The SMILES string of the molecule is CCC(N)=NC(CC)c1ncc[nH]1. The smallest absolute Gasteiger partial charge is 0.130 e. The van der Waals surface area contributed by atoms with Gasteiger partial charge in [-0.2, -0.15) is 0 Å². The van der Waals surface area contributed by atoms with E-state index in [1.165, 1.54) is 0 Å². The van der Waals surface area contributed by atoms with Crippen molar-refractivity contribution < 1.29 is 0 Å². The molecule has 0 aromatic carbocycles. The van der Waals surface area contributed by atoms with E-state index in [4.69, 9.17) is 5.73 Å². The quantitative estimate of drug-likeness (QED) is 0.546. The molecule has 0 aliphatic carbocycles. The van der Waals surface area contributed by atoms with E-state index in [-0.39, 0.29) is 6.04 Å². The van der Waals surface area contributed by atoms with Crippen LogP contribution in [0, 0.1) is 0 Å². The van der Waals surface area contributed by atoms with Gasteiger partial charge < -0.3 is 10.7 Å². The van der Waals surface area contributed by atoms with Crippen LogP contribution < -0.4 is 5.73 Å². The average Bonchev–Trinajstić information content (AvgIpc) is 2.66. The predicted molar refractivity (Wildman–Crippen MR) is 53.5 cm³/mol. The molecule has 0 aliphatic rings. The number of aliphatic imine (C=N–C) groups is 1. The molecular weight excluding hydrogens is 164 g/mol. The second-order valence-electron chi connectivity index (χ2n) is 2.87. The van der Waals surface area contributed by atoms with Crippen LogP contribution in [0.15, 0.2) is 17.4 Å². The first kappa shape index (κ1) is 9.77. The van der Waals surface area contributed by atoms with Crippen molar-refractivity contribution in [2.45, 2.75) is 32.7 Å². The number of H-pyrrole nitrogens is 1. The molecule has 72 valence electrons. The van der Waals surface area contributed by atoms with Crippen LogP contribution in [0.25, 0.3) is 0 Å². The molecule has 13 heavy (non-hydrogen) atoms. The van der Waals surface area contributed by atoms with Gasteiger partial charge in [-0.25, -0.2) is 4.98 Å². The van der Waals surface area contributed by atoms with Crippen LogP contribution in [0.5, 0.6) is 0 Å². The lowest BCUT2D eigenvalue weighted by molar-refractivity contribution is 0.658. The number of nitrogens with one attached hydrogen (secondary N) is 1. The Hall–Kier alpha value is -1.32. The number of hydrogen-bond acceptors (Lipinski definition) is 2. The first-order chi connectivity index (χ1) is 6.27. The zero-order valence-corrected chi connectivity index (χ0v) is 8.12. The van der Waals surface area contributed by atoms with Crippen molar-refractivity contribution in [3.63, 3.8) is 0 Å². The van der Waals surface area contributed by atoms with E-state index < -0.39 is 0 Å². The molecule has 3 N–H and O–H groups in total. The summed E-state index contributed by atoms with van der Waals surface area (Å²) >= 11 is 0. The fourth-order valence-corrected chi connectivity index (χ4v) is 1.10. The summed E-state index contributed by atoms with van der Waals surface area (Å²) in [7, 11) is 0. The number of imidazole rings is 1. The molecule has 1 atom stereocenters. The first-order valence-corrected chi connectivity index (χ1v) is 4.59. The number of nitrogens with zero attached hydrogens (tertiary/aromatic N) is 2. The van der Waals surface area contributed by atoms with Crippen molar-refractivity contribution in [3.8, 4) is 0 Å². The highest BCUT2D eigenvalue weighted by Gasteiger charge is 2.09. The normalized spacial score (nSPS) is 14.5. The van der Waals surface area contributed by atoms with Crippen LogP contribution in [0.2, 0.25) is 0 Å². The minimum Gasteiger partial charge on any atom is -0.387 e. The molecule has 0 amide bonds. The molecule has 1 aromatic heterocycles. The van der Waals surface area contributed by atoms with E-state index >= 15 is 0 Å². The first-order valence-electron chi connectivity index (χ1n) is 4.59. The number of amidine groups is 1. The van der Waals surface area contributed by atoms with Crippen molar-refractivity contribution >= 4 is 5.84 Å². The molecule has 1 aromatic rings. The Labute approximate surface area is 78.3 Å². The summed E-state index contributed by atoms with van der Waals surface area (Å²) in [4.78, 5) is 11.6. The van der Waals surface area contributed by atoms with Crippen molar-refractivity contribution in [1.82, 2.24) is 9.97 Å². The zero-order chi connectivity index (χ0) is 9.68. The van der Waals surface area contributed by atoms with Crippen LogP contribution in [0.1, 0.15) is 38.6 Å². The van der Waals surface area contributed by atoms with E-state index in [1.54, 1.807) is 12.4 Å². The van der Waals surface area contributed by atoms with E-state index in [1.807, 2.05) is 6.92 Å². The molecular formula is C9H16N4. The third-order valence-electron chi connectivity index (χ3n) is 1.91. The predicted octanol–water partition coefficient (Wildman–Crippen LogP) is 1.63. The van der Waals surface area contributed by atoms with Crippen LogP contribution in [-0.4, -0.2) is 15.8 Å². The summed E-state index contributed by atoms with van der Waals surface area (Å²) in [6.45, 7) is 4.06. The van der Waals surface area contributed by atoms with Gasteiger partial charge in [0.25, 0.3) is 0 Å². The van der Waals surface area contributed by atoms with Crippen molar-refractivity contribution in [2.75, 3.05) is 0 Å². The molecule has 1 unspecified atom stereocenters. The Bertz CT molecular complexity index is 263. The van der Waals surface area contributed by atoms with E-state index in [0.29, 0.717) is 5.84 Å². The summed E-state index contributed by atoms with van der Waals surface area (Å²) in [6.07, 6.45) is 5.23. The molecule has 4 heteroatoms. The highest BCUT2D eigenvalue weighted by Crippen LogP contribution is 2.16. The number of aromatic nitrogens is 2. The minimum absolute atomic E-state index is 0.0787. The highest BCUT2D eigenvalue weighted by molar-refractivity contribution is 5.80. The Morgan fingerprint density at radius 1 is 1.69 bits per heavy atom. The van der Waals surface area contributed by atoms with Gasteiger partial charge in [0.1, 0.15) is 11.9 Å². The summed E-state index contributed by atoms with van der Waals surface area (Å²) in [5, 5.41) is 0. The molecule has 0 saturated carbocycles. The maximum atomic E-state index is 5.66. The molecule has 0 aliphatic heterocycles. The zero-order valence-electron chi connectivity index (χ0n) is 8.12. The molecule has 0 fully saturated rings. The van der Waals surface area contributed by atoms with Crippen molar-refractivity contribution in [3.05, 3.63) is 18.2 Å². The fourth-order valence-electron chi connectivity index (χ4n) is 1.10. The molecule has 0 spiro atoms. The number of hydrogen-bond donors (Lipinski definition) is 2. The van der Waals surface area contributed by atoms with Gasteiger partial charge in [0.05, 0.1) is 5.84 Å². The lowest BCUT2D eigenvalue weighted by atomic mass is 10.2. The van der Waals surface area contributed by atoms with Crippen LogP contribution in [0.3, 0.4) is 0 Å². The molecule has 0 saturated heterocycles. The Morgan fingerprint density at radius 2 is 2.46 bits per heavy atom. The van der Waals surface area contributed by atoms with E-state index in [9.17, 15) is 0 Å². The molecule has 4 nitrogen and oxygen atoms in total. The second kappa shape index (κ2) is 4.64. The van der Waals surface area contributed by atoms with E-state index in [0.717, 1.165) is 18.7 Å². The molecule has 0 bridgehead atoms. The Kier molecular flexibility index (Phi) is 3.49. The lowest BCUT2D eigenvalue weighted by Crippen LogP contribution is -2.12. The van der Waals surface area contributed by atoms with Gasteiger partial charge in [0.15, 0.2) is 0 Å². The second-order valence-corrected chi connectivity index (χ2v) is 2.87. The largest absolute Gasteiger partial charge is 0.387 e. The highest BCUT2D eigenvalue weighted by atomic mass is 15.0. The van der Waals surface area contributed by atoms with Gasteiger partial charge in [-0.15, -0.1) is 0 Å². The van der Waals surface area contributed by atoms with Gasteiger partial charge in [0, 0.05) is 18.8 Å². The van der Waals surface area contributed by atoms with Crippen LogP contribution >= 0.6 is 0 Å². The maximum Gasteiger partial charge on any atom is 0.130 e. The monoisotopic (exact) mass is 180 g/mol. The summed E-state index contributed by atoms with van der Waals surface area (Å²) < 4.78 is 0. The van der Waals surface area contributed by atoms with Gasteiger partial charge >= 0.3 is 0 Å². The summed E-state index contributed by atoms with van der Waals surface area (Å²) in [5.41, 5.74) is 5.66. The Balaban J connectivity index is 2.75. The van der Waals surface area contributed by atoms with E-state index in [2.05, 4.69) is 21.9 Å². The molecule has 1 heterocycles. The minimum atomic E-state index is 0.0787. The summed E-state index contributed by atoms with van der Waals surface area (Å²) in [6, 6.07) is 0.0787. The van der Waals surface area contributed by atoms with Gasteiger partial charge in [-0.3, -0.25) is 4.99 Å². The van der Waals surface area contributed by atoms with Crippen LogP contribution in [-0.2, 0) is 0 Å². The maximum absolute atomic E-state index is 5.66. The third kappa shape index (κ3) is 2.57. The van der Waals surface area contributed by atoms with Gasteiger partial charge in [-0.1, -0.05) is 13.8 Å². The Morgan fingerprint density at radius 3 is 2.92 bits per heavy atom. The third-order valence-corrected chi connectivity index (χ3v) is 1.91. The van der Waals surface area contributed by atoms with Crippen molar-refractivity contribution in [2.24, 2.45) is 10.7 Å². The van der Waals surface area contributed by atoms with Gasteiger partial charge in [-0.05, 0) is 6.42 Å². The molecule has 1 rings (SSSR count). The number of nitrogens with two attached hydrogens (primary N) is 1. The van der Waals surface area contributed by atoms with Crippen molar-refractivity contribution in [1.29, 1.82) is 0 Å². The van der Waals surface area contributed by atoms with Gasteiger partial charge in [0.2, 0.25) is 0 Å². The summed E-state index contributed by atoms with van der Waals surface area (Å²) in [5.74, 6) is 1.57. The van der Waals surface area contributed by atoms with Crippen LogP contribution in [0.4, 0.5) is 0 Å². The number of aromatic amines is 1. The number of rotatable bonds is 4. The standard InChI is InChI=1S/C9H16N4/c1-3-7(13-8(10)4-2)9-11-5-6-12-9/h5-7H,3-4H2,1-2H3,(H2,10,13)(H,11,12). The average molecular weight is 180 g/mol. The fraction of sp³-hybridized carbons (Fsp3) is 0.556.